The summed E-state index contributed by atoms with van der Waals surface area (Å²) >= 11 is 0. The van der Waals surface area contributed by atoms with Gasteiger partial charge in [0.2, 0.25) is 17.6 Å². The predicted molar refractivity (Wildman–Crippen MR) is 87.5 cm³/mol. The first-order valence-corrected chi connectivity index (χ1v) is 8.36. The SMILES string of the molecule is Cc1cn2c(n1)CC[C@H](NC(=O)CCc1nc(-c3ccco3)no1)C2. The Morgan fingerprint density at radius 3 is 3.20 bits per heavy atom. The van der Waals surface area contributed by atoms with Gasteiger partial charge >= 0.3 is 0 Å². The quantitative estimate of drug-likeness (QED) is 0.761. The van der Waals surface area contributed by atoms with E-state index in [9.17, 15) is 4.79 Å². The van der Waals surface area contributed by atoms with Gasteiger partial charge in [0.15, 0.2) is 5.76 Å². The van der Waals surface area contributed by atoms with Gasteiger partial charge in [0.25, 0.3) is 0 Å². The topological polar surface area (TPSA) is 99.0 Å². The van der Waals surface area contributed by atoms with Crippen LogP contribution in [0.4, 0.5) is 0 Å². The lowest BCUT2D eigenvalue weighted by Crippen LogP contribution is -2.41. The minimum atomic E-state index is -0.0111. The van der Waals surface area contributed by atoms with Crippen LogP contribution in [0, 0.1) is 6.92 Å². The zero-order valence-electron chi connectivity index (χ0n) is 13.9. The maximum Gasteiger partial charge on any atom is 0.238 e. The maximum absolute atomic E-state index is 12.2. The van der Waals surface area contributed by atoms with Crippen molar-refractivity contribution in [2.45, 2.75) is 45.2 Å². The van der Waals surface area contributed by atoms with Crippen molar-refractivity contribution >= 4 is 5.91 Å². The van der Waals surface area contributed by atoms with Crippen LogP contribution in [0.25, 0.3) is 11.6 Å². The Kier molecular flexibility index (Phi) is 4.09. The zero-order valence-corrected chi connectivity index (χ0v) is 13.9. The van der Waals surface area contributed by atoms with Crippen LogP contribution < -0.4 is 5.32 Å². The molecule has 0 saturated heterocycles. The highest BCUT2D eigenvalue weighted by Crippen LogP contribution is 2.17. The number of hydrogen-bond acceptors (Lipinski definition) is 6. The van der Waals surface area contributed by atoms with Crippen molar-refractivity contribution in [2.75, 3.05) is 0 Å². The molecule has 0 spiro atoms. The Morgan fingerprint density at radius 2 is 2.36 bits per heavy atom. The predicted octanol–water partition coefficient (Wildman–Crippen LogP) is 1.90. The molecule has 8 nitrogen and oxygen atoms in total. The first-order chi connectivity index (χ1) is 12.2. The van der Waals surface area contributed by atoms with E-state index in [1.165, 1.54) is 0 Å². The van der Waals surface area contributed by atoms with E-state index in [-0.39, 0.29) is 11.9 Å². The summed E-state index contributed by atoms with van der Waals surface area (Å²) in [4.78, 5) is 20.9. The van der Waals surface area contributed by atoms with Crippen molar-refractivity contribution < 1.29 is 13.7 Å². The molecule has 0 unspecified atom stereocenters. The number of furan rings is 1. The number of carbonyl (C=O) groups excluding carboxylic acids is 1. The van der Waals surface area contributed by atoms with Crippen molar-refractivity contribution in [3.63, 3.8) is 0 Å². The molecule has 4 rings (SSSR count). The Balaban J connectivity index is 1.28. The summed E-state index contributed by atoms with van der Waals surface area (Å²) in [6.07, 6.45) is 6.09. The summed E-state index contributed by atoms with van der Waals surface area (Å²) in [7, 11) is 0. The van der Waals surface area contributed by atoms with Crippen LogP contribution in [0.3, 0.4) is 0 Å². The van der Waals surface area contributed by atoms with E-state index in [1.54, 1.807) is 18.4 Å². The Hall–Kier alpha value is -2.90. The highest BCUT2D eigenvalue weighted by molar-refractivity contribution is 5.76. The summed E-state index contributed by atoms with van der Waals surface area (Å²) in [5.41, 5.74) is 1.02. The lowest BCUT2D eigenvalue weighted by atomic mass is 10.1. The van der Waals surface area contributed by atoms with Gasteiger partial charge in [-0.3, -0.25) is 4.79 Å². The van der Waals surface area contributed by atoms with Gasteiger partial charge in [-0.05, 0) is 25.5 Å². The minimum Gasteiger partial charge on any atom is -0.461 e. The average Bonchev–Trinajstić information content (AvgIpc) is 3.32. The number of imidazole rings is 1. The highest BCUT2D eigenvalue weighted by Gasteiger charge is 2.21. The summed E-state index contributed by atoms with van der Waals surface area (Å²) < 4.78 is 12.5. The van der Waals surface area contributed by atoms with E-state index in [2.05, 4.69) is 25.0 Å². The van der Waals surface area contributed by atoms with Crippen molar-refractivity contribution in [3.8, 4) is 11.6 Å². The molecule has 0 saturated carbocycles. The van der Waals surface area contributed by atoms with Crippen molar-refractivity contribution in [1.82, 2.24) is 25.0 Å². The third-order valence-electron chi connectivity index (χ3n) is 4.25. The standard InChI is InChI=1S/C17H19N5O3/c1-11-9-22-10-12(4-5-14(22)18-11)19-15(23)6-7-16-20-17(21-25-16)13-3-2-8-24-13/h2-3,8-9,12H,4-7,10H2,1H3,(H,19,23)/t12-/m0/s1. The lowest BCUT2D eigenvalue weighted by Gasteiger charge is -2.24. The number of amides is 1. The first-order valence-electron chi connectivity index (χ1n) is 8.36. The van der Waals surface area contributed by atoms with E-state index in [0.717, 1.165) is 30.9 Å². The largest absolute Gasteiger partial charge is 0.461 e. The number of hydrogen-bond donors (Lipinski definition) is 1. The van der Waals surface area contributed by atoms with Crippen LogP contribution in [0.5, 0.6) is 0 Å². The number of rotatable bonds is 5. The zero-order chi connectivity index (χ0) is 17.2. The smallest absolute Gasteiger partial charge is 0.238 e. The lowest BCUT2D eigenvalue weighted by molar-refractivity contribution is -0.122. The number of carbonyl (C=O) groups is 1. The second kappa shape index (κ2) is 6.54. The molecule has 8 heteroatoms. The van der Waals surface area contributed by atoms with Gasteiger partial charge in [0.1, 0.15) is 5.82 Å². The number of aryl methyl sites for hydroxylation is 3. The third-order valence-corrected chi connectivity index (χ3v) is 4.25. The molecule has 0 aliphatic carbocycles. The van der Waals surface area contributed by atoms with E-state index in [0.29, 0.717) is 30.3 Å². The Labute approximate surface area is 144 Å². The maximum atomic E-state index is 12.2. The van der Waals surface area contributed by atoms with Gasteiger partial charge in [-0.2, -0.15) is 4.98 Å². The van der Waals surface area contributed by atoms with Gasteiger partial charge in [-0.1, -0.05) is 5.16 Å². The molecule has 0 bridgehead atoms. The minimum absolute atomic E-state index is 0.0111. The fourth-order valence-corrected chi connectivity index (χ4v) is 3.09. The van der Waals surface area contributed by atoms with Crippen LogP contribution in [-0.4, -0.2) is 31.6 Å². The number of nitrogens with zero attached hydrogens (tertiary/aromatic N) is 4. The fourth-order valence-electron chi connectivity index (χ4n) is 3.09. The van der Waals surface area contributed by atoms with Gasteiger partial charge in [-0.15, -0.1) is 0 Å². The molecule has 0 aromatic carbocycles. The van der Waals surface area contributed by atoms with Crippen molar-refractivity contribution in [1.29, 1.82) is 0 Å². The van der Waals surface area contributed by atoms with E-state index in [4.69, 9.17) is 8.94 Å². The number of aromatic nitrogens is 4. The van der Waals surface area contributed by atoms with Crippen molar-refractivity contribution in [2.24, 2.45) is 0 Å². The van der Waals surface area contributed by atoms with Gasteiger partial charge < -0.3 is 18.8 Å². The van der Waals surface area contributed by atoms with Gasteiger partial charge in [-0.25, -0.2) is 4.98 Å². The van der Waals surface area contributed by atoms with Crippen LogP contribution >= 0.6 is 0 Å². The Bertz CT molecular complexity index is 865. The van der Waals surface area contributed by atoms with Crippen LogP contribution in [-0.2, 0) is 24.2 Å². The van der Waals surface area contributed by atoms with Gasteiger partial charge in [0.05, 0.1) is 12.0 Å². The normalized spacial score (nSPS) is 16.6. The molecular weight excluding hydrogens is 322 g/mol. The van der Waals surface area contributed by atoms with Gasteiger partial charge in [0, 0.05) is 38.0 Å². The second-order valence-electron chi connectivity index (χ2n) is 6.24. The first kappa shape index (κ1) is 15.6. The molecule has 1 N–H and O–H groups in total. The number of nitrogens with one attached hydrogen (secondary N) is 1. The molecule has 0 fully saturated rings. The third kappa shape index (κ3) is 3.47. The van der Waals surface area contributed by atoms with E-state index >= 15 is 0 Å². The molecule has 1 aliphatic rings. The second-order valence-corrected chi connectivity index (χ2v) is 6.24. The van der Waals surface area contributed by atoms with Crippen LogP contribution in [0.2, 0.25) is 0 Å². The summed E-state index contributed by atoms with van der Waals surface area (Å²) in [6.45, 7) is 2.76. The molecule has 1 aliphatic heterocycles. The summed E-state index contributed by atoms with van der Waals surface area (Å²) in [6, 6.07) is 3.65. The van der Waals surface area contributed by atoms with E-state index in [1.807, 2.05) is 13.1 Å². The molecule has 25 heavy (non-hydrogen) atoms. The molecule has 4 heterocycles. The molecule has 130 valence electrons. The molecule has 1 amide bonds. The summed E-state index contributed by atoms with van der Waals surface area (Å²) in [5, 5.41) is 6.94. The molecule has 0 radical (unpaired) electrons. The van der Waals surface area contributed by atoms with Crippen LogP contribution in [0.15, 0.2) is 33.5 Å². The molecule has 3 aromatic heterocycles. The van der Waals surface area contributed by atoms with Crippen molar-refractivity contribution in [3.05, 3.63) is 42.0 Å². The molecule has 1 atom stereocenters. The molecular formula is C17H19N5O3. The average molecular weight is 341 g/mol. The molecule has 3 aromatic rings. The number of fused-ring (bicyclic) bond motifs is 1. The van der Waals surface area contributed by atoms with E-state index < -0.39 is 0 Å². The monoisotopic (exact) mass is 341 g/mol. The fraction of sp³-hybridized carbons (Fsp3) is 0.412. The summed E-state index contributed by atoms with van der Waals surface area (Å²) in [5.74, 6) is 2.46. The van der Waals surface area contributed by atoms with Crippen LogP contribution in [0.1, 0.15) is 30.3 Å². The Morgan fingerprint density at radius 1 is 1.44 bits per heavy atom. The highest BCUT2D eigenvalue weighted by atomic mass is 16.5.